The van der Waals surface area contributed by atoms with Crippen LogP contribution in [0.15, 0.2) is 12.1 Å². The molecule has 1 N–H and O–H groups in total. The molecule has 0 aliphatic carbocycles. The summed E-state index contributed by atoms with van der Waals surface area (Å²) in [5, 5.41) is 17.8. The Morgan fingerprint density at radius 2 is 1.79 bits per heavy atom. The molecule has 0 bridgehead atoms. The maximum absolute atomic E-state index is 9.64. The van der Waals surface area contributed by atoms with Crippen molar-refractivity contribution >= 4 is 0 Å². The average Bonchev–Trinajstić information content (AvgIpc) is 2.07. The maximum Gasteiger partial charge on any atom is 0.0690 e. The molecule has 0 aromatic carbocycles. The lowest BCUT2D eigenvalue weighted by Crippen LogP contribution is -2.21. The van der Waals surface area contributed by atoms with Gasteiger partial charge in [-0.2, -0.15) is 10.2 Å². The highest BCUT2D eigenvalue weighted by Gasteiger charge is 2.22. The number of hydrogen-bond donors (Lipinski definition) is 1. The number of aromatic nitrogens is 2. The van der Waals surface area contributed by atoms with Gasteiger partial charge in [0.25, 0.3) is 0 Å². The Morgan fingerprint density at radius 3 is 2.14 bits per heavy atom. The summed E-state index contributed by atoms with van der Waals surface area (Å²) in [5.41, 5.74) is 1.78. The molecule has 0 aliphatic rings. The molecular formula is C11H18N2O. The van der Waals surface area contributed by atoms with E-state index in [0.29, 0.717) is 5.92 Å². The third kappa shape index (κ3) is 2.51. The van der Waals surface area contributed by atoms with Crippen LogP contribution in [0.5, 0.6) is 0 Å². The van der Waals surface area contributed by atoms with Crippen molar-refractivity contribution in [1.82, 2.24) is 10.2 Å². The standard InChI is InChI=1S/C11H18N2O/c1-7(2)11(9(4)14)10-6-5-8(3)12-13-10/h5-7,9,11,14H,1-4H3. The summed E-state index contributed by atoms with van der Waals surface area (Å²) in [6, 6.07) is 3.87. The van der Waals surface area contributed by atoms with Crippen LogP contribution in [-0.4, -0.2) is 21.4 Å². The zero-order valence-electron chi connectivity index (χ0n) is 9.23. The van der Waals surface area contributed by atoms with Crippen LogP contribution in [0.1, 0.15) is 38.1 Å². The molecular weight excluding hydrogens is 176 g/mol. The van der Waals surface area contributed by atoms with E-state index in [9.17, 15) is 5.11 Å². The van der Waals surface area contributed by atoms with Gasteiger partial charge >= 0.3 is 0 Å². The Kier molecular flexibility index (Phi) is 3.58. The summed E-state index contributed by atoms with van der Waals surface area (Å²) in [4.78, 5) is 0. The van der Waals surface area contributed by atoms with Gasteiger partial charge in [-0.15, -0.1) is 0 Å². The predicted molar refractivity (Wildman–Crippen MR) is 56.0 cm³/mol. The topological polar surface area (TPSA) is 46.0 Å². The third-order valence-electron chi connectivity index (χ3n) is 2.40. The SMILES string of the molecule is Cc1ccc(C(C(C)C)C(C)O)nn1. The van der Waals surface area contributed by atoms with E-state index < -0.39 is 0 Å². The number of rotatable bonds is 3. The van der Waals surface area contributed by atoms with Gasteiger partial charge in [0.1, 0.15) is 0 Å². The molecule has 3 nitrogen and oxygen atoms in total. The van der Waals surface area contributed by atoms with Crippen LogP contribution in [0.4, 0.5) is 0 Å². The quantitative estimate of drug-likeness (QED) is 0.799. The molecule has 14 heavy (non-hydrogen) atoms. The zero-order valence-corrected chi connectivity index (χ0v) is 9.23. The molecule has 2 unspecified atom stereocenters. The number of hydrogen-bond acceptors (Lipinski definition) is 3. The molecule has 0 radical (unpaired) electrons. The normalized spacial score (nSPS) is 15.6. The first-order valence-corrected chi connectivity index (χ1v) is 5.00. The van der Waals surface area contributed by atoms with Crippen molar-refractivity contribution in [2.75, 3.05) is 0 Å². The van der Waals surface area contributed by atoms with Crippen LogP contribution in [-0.2, 0) is 0 Å². The van der Waals surface area contributed by atoms with Crippen molar-refractivity contribution in [3.63, 3.8) is 0 Å². The second-order valence-corrected chi connectivity index (χ2v) is 4.11. The van der Waals surface area contributed by atoms with E-state index in [-0.39, 0.29) is 12.0 Å². The molecule has 1 heterocycles. The molecule has 2 atom stereocenters. The minimum atomic E-state index is -0.382. The van der Waals surface area contributed by atoms with Gasteiger partial charge in [0.2, 0.25) is 0 Å². The third-order valence-corrected chi connectivity index (χ3v) is 2.40. The van der Waals surface area contributed by atoms with Gasteiger partial charge in [-0.3, -0.25) is 0 Å². The molecule has 0 fully saturated rings. The Bertz CT molecular complexity index is 272. The molecule has 1 aromatic heterocycles. The molecule has 1 rings (SSSR count). The van der Waals surface area contributed by atoms with Crippen LogP contribution >= 0.6 is 0 Å². The summed E-state index contributed by atoms with van der Waals surface area (Å²) in [5.74, 6) is 0.440. The van der Waals surface area contributed by atoms with E-state index in [4.69, 9.17) is 0 Å². The van der Waals surface area contributed by atoms with Gasteiger partial charge < -0.3 is 5.11 Å². The second-order valence-electron chi connectivity index (χ2n) is 4.11. The fraction of sp³-hybridized carbons (Fsp3) is 0.636. The van der Waals surface area contributed by atoms with Gasteiger partial charge in [-0.25, -0.2) is 0 Å². The van der Waals surface area contributed by atoms with Crippen LogP contribution in [0, 0.1) is 12.8 Å². The van der Waals surface area contributed by atoms with E-state index in [1.807, 2.05) is 19.1 Å². The maximum atomic E-state index is 9.64. The summed E-state index contributed by atoms with van der Waals surface area (Å²) in [6.07, 6.45) is -0.382. The smallest absolute Gasteiger partial charge is 0.0690 e. The van der Waals surface area contributed by atoms with E-state index in [1.165, 1.54) is 0 Å². The molecule has 0 amide bonds. The van der Waals surface area contributed by atoms with Crippen LogP contribution in [0.3, 0.4) is 0 Å². The Labute approximate surface area is 85.2 Å². The van der Waals surface area contributed by atoms with Crippen LogP contribution in [0.2, 0.25) is 0 Å². The van der Waals surface area contributed by atoms with Gasteiger partial charge in [0.05, 0.1) is 17.5 Å². The summed E-state index contributed by atoms with van der Waals surface area (Å²) in [6.45, 7) is 7.87. The zero-order chi connectivity index (χ0) is 10.7. The molecule has 0 saturated heterocycles. The van der Waals surface area contributed by atoms with E-state index >= 15 is 0 Å². The van der Waals surface area contributed by atoms with Crippen molar-refractivity contribution in [2.45, 2.75) is 39.7 Å². The largest absolute Gasteiger partial charge is 0.393 e. The lowest BCUT2D eigenvalue weighted by Gasteiger charge is -2.22. The highest BCUT2D eigenvalue weighted by molar-refractivity contribution is 5.12. The summed E-state index contributed by atoms with van der Waals surface area (Å²) >= 11 is 0. The fourth-order valence-corrected chi connectivity index (χ4v) is 1.73. The first-order chi connectivity index (χ1) is 6.52. The summed E-state index contributed by atoms with van der Waals surface area (Å²) in [7, 11) is 0. The Morgan fingerprint density at radius 1 is 1.14 bits per heavy atom. The molecule has 1 aromatic rings. The van der Waals surface area contributed by atoms with Crippen molar-refractivity contribution in [3.8, 4) is 0 Å². The summed E-state index contributed by atoms with van der Waals surface area (Å²) < 4.78 is 0. The fourth-order valence-electron chi connectivity index (χ4n) is 1.73. The first kappa shape index (κ1) is 11.1. The highest BCUT2D eigenvalue weighted by atomic mass is 16.3. The van der Waals surface area contributed by atoms with Crippen LogP contribution < -0.4 is 0 Å². The number of aryl methyl sites for hydroxylation is 1. The molecule has 0 saturated carbocycles. The lowest BCUT2D eigenvalue weighted by atomic mass is 9.88. The van der Waals surface area contributed by atoms with Crippen molar-refractivity contribution < 1.29 is 5.11 Å². The Hall–Kier alpha value is -0.960. The van der Waals surface area contributed by atoms with E-state index in [0.717, 1.165) is 11.4 Å². The minimum absolute atomic E-state index is 0.0723. The monoisotopic (exact) mass is 194 g/mol. The number of aliphatic hydroxyl groups is 1. The van der Waals surface area contributed by atoms with Gasteiger partial charge in [0, 0.05) is 5.92 Å². The minimum Gasteiger partial charge on any atom is -0.393 e. The highest BCUT2D eigenvalue weighted by Crippen LogP contribution is 2.25. The second kappa shape index (κ2) is 4.51. The van der Waals surface area contributed by atoms with Crippen LogP contribution in [0.25, 0.3) is 0 Å². The van der Waals surface area contributed by atoms with Crippen molar-refractivity contribution in [3.05, 3.63) is 23.5 Å². The molecule has 0 aliphatic heterocycles. The van der Waals surface area contributed by atoms with Gasteiger partial charge in [0.15, 0.2) is 0 Å². The van der Waals surface area contributed by atoms with Gasteiger partial charge in [-0.1, -0.05) is 13.8 Å². The molecule has 0 spiro atoms. The predicted octanol–water partition coefficient (Wildman–Crippen LogP) is 1.91. The molecule has 78 valence electrons. The lowest BCUT2D eigenvalue weighted by molar-refractivity contribution is 0.137. The van der Waals surface area contributed by atoms with Gasteiger partial charge in [-0.05, 0) is 31.9 Å². The first-order valence-electron chi connectivity index (χ1n) is 5.00. The van der Waals surface area contributed by atoms with E-state index in [1.54, 1.807) is 6.92 Å². The average molecular weight is 194 g/mol. The number of nitrogens with zero attached hydrogens (tertiary/aromatic N) is 2. The van der Waals surface area contributed by atoms with E-state index in [2.05, 4.69) is 24.0 Å². The van der Waals surface area contributed by atoms with Crippen molar-refractivity contribution in [2.24, 2.45) is 5.92 Å². The molecule has 3 heteroatoms. The number of aliphatic hydroxyl groups excluding tert-OH is 1. The van der Waals surface area contributed by atoms with Crippen molar-refractivity contribution in [1.29, 1.82) is 0 Å². The Balaban J connectivity index is 2.94.